The topological polar surface area (TPSA) is 48.9 Å². The van der Waals surface area contributed by atoms with Gasteiger partial charge in [-0.25, -0.2) is 0 Å². The van der Waals surface area contributed by atoms with Gasteiger partial charge in [-0.1, -0.05) is 18.2 Å². The zero-order chi connectivity index (χ0) is 18.2. The molecule has 2 N–H and O–H groups in total. The molecule has 1 aromatic rings. The van der Waals surface area contributed by atoms with Crippen LogP contribution >= 0.6 is 24.0 Å². The Balaban J connectivity index is 0.00000261. The third-order valence-electron chi connectivity index (χ3n) is 5.13. The molecule has 0 unspecified atom stereocenters. The highest BCUT2D eigenvalue weighted by molar-refractivity contribution is 14.0. The highest BCUT2D eigenvalue weighted by Crippen LogP contribution is 2.34. The molecular weight excluding hydrogens is 451 g/mol. The van der Waals surface area contributed by atoms with Crippen LogP contribution < -0.4 is 15.4 Å². The Hall–Kier alpha value is -1.02. The van der Waals surface area contributed by atoms with E-state index in [9.17, 15) is 0 Å². The molecule has 1 aromatic carbocycles. The minimum atomic E-state index is 0. The molecule has 2 aliphatic carbocycles. The number of hydrogen-bond donors (Lipinski definition) is 2. The number of nitrogens with zero attached hydrogens (tertiary/aromatic N) is 2. The first kappa shape index (κ1) is 22.3. The zero-order valence-corrected chi connectivity index (χ0v) is 19.1. The van der Waals surface area contributed by atoms with Gasteiger partial charge < -0.3 is 15.4 Å². The molecule has 0 spiro atoms. The molecular formula is C21H35IN4O. The molecule has 0 aliphatic heterocycles. The van der Waals surface area contributed by atoms with Crippen LogP contribution in [0.1, 0.15) is 38.2 Å². The third kappa shape index (κ3) is 7.86. The van der Waals surface area contributed by atoms with E-state index in [0.717, 1.165) is 56.3 Å². The summed E-state index contributed by atoms with van der Waals surface area (Å²) in [5.41, 5.74) is 1.22. The average Bonchev–Trinajstić information content (AvgIpc) is 3.55. The quantitative estimate of drug-likeness (QED) is 0.287. The van der Waals surface area contributed by atoms with Crippen molar-refractivity contribution in [2.45, 2.75) is 45.1 Å². The number of guanidine groups is 1. The van der Waals surface area contributed by atoms with Gasteiger partial charge in [0.1, 0.15) is 5.75 Å². The van der Waals surface area contributed by atoms with E-state index < -0.39 is 0 Å². The third-order valence-corrected chi connectivity index (χ3v) is 5.13. The molecule has 2 saturated carbocycles. The van der Waals surface area contributed by atoms with E-state index in [1.165, 1.54) is 37.8 Å². The van der Waals surface area contributed by atoms with Gasteiger partial charge in [-0.2, -0.15) is 0 Å². The monoisotopic (exact) mass is 486 g/mol. The van der Waals surface area contributed by atoms with Crippen LogP contribution in [0.25, 0.3) is 0 Å². The van der Waals surface area contributed by atoms with Crippen LogP contribution in [-0.4, -0.2) is 56.7 Å². The van der Waals surface area contributed by atoms with Crippen molar-refractivity contribution in [1.82, 2.24) is 15.5 Å². The fraction of sp³-hybridized carbons (Fsp3) is 0.667. The van der Waals surface area contributed by atoms with E-state index in [-0.39, 0.29) is 24.0 Å². The molecule has 27 heavy (non-hydrogen) atoms. The molecule has 5 nitrogen and oxygen atoms in total. The normalized spacial score (nSPS) is 16.8. The second-order valence-electron chi connectivity index (χ2n) is 7.42. The Morgan fingerprint density at radius 2 is 1.96 bits per heavy atom. The summed E-state index contributed by atoms with van der Waals surface area (Å²) in [5, 5.41) is 6.82. The highest BCUT2D eigenvalue weighted by atomic mass is 127. The Labute approximate surface area is 181 Å². The van der Waals surface area contributed by atoms with Gasteiger partial charge in [0.05, 0.1) is 13.7 Å². The lowest BCUT2D eigenvalue weighted by atomic mass is 10.1. The van der Waals surface area contributed by atoms with E-state index in [1.54, 1.807) is 7.11 Å². The maximum Gasteiger partial charge on any atom is 0.191 e. The fourth-order valence-electron chi connectivity index (χ4n) is 3.35. The van der Waals surface area contributed by atoms with E-state index >= 15 is 0 Å². The smallest absolute Gasteiger partial charge is 0.191 e. The summed E-state index contributed by atoms with van der Waals surface area (Å²) in [6.45, 7) is 7.09. The van der Waals surface area contributed by atoms with Gasteiger partial charge in [0.15, 0.2) is 5.96 Å². The van der Waals surface area contributed by atoms with Crippen LogP contribution in [0.5, 0.6) is 5.75 Å². The second-order valence-corrected chi connectivity index (χ2v) is 7.42. The summed E-state index contributed by atoms with van der Waals surface area (Å²) in [6, 6.07) is 9.04. The SMILES string of the molecule is CCNC(=NCCN(CC1CC1)C1CC1)NCCc1ccccc1OC.I. The molecule has 0 amide bonds. The standard InChI is InChI=1S/C21H34N4O.HI/c1-3-22-21(23-13-12-18-6-4-5-7-20(18)26-2)24-14-15-25(19-10-11-19)16-17-8-9-17;/h4-7,17,19H,3,8-16H2,1-2H3,(H2,22,23,24);1H. The lowest BCUT2D eigenvalue weighted by molar-refractivity contribution is 0.260. The molecule has 0 heterocycles. The Bertz CT molecular complexity index is 587. The molecule has 3 rings (SSSR count). The predicted molar refractivity (Wildman–Crippen MR) is 123 cm³/mol. The number of nitrogens with one attached hydrogen (secondary N) is 2. The van der Waals surface area contributed by atoms with Gasteiger partial charge in [-0.15, -0.1) is 24.0 Å². The van der Waals surface area contributed by atoms with Crippen LogP contribution in [0.15, 0.2) is 29.3 Å². The Kier molecular flexibility index (Phi) is 9.68. The van der Waals surface area contributed by atoms with Gasteiger partial charge >= 0.3 is 0 Å². The van der Waals surface area contributed by atoms with Crippen LogP contribution in [0.2, 0.25) is 0 Å². The molecule has 0 radical (unpaired) electrons. The molecule has 0 aromatic heterocycles. The summed E-state index contributed by atoms with van der Waals surface area (Å²) < 4.78 is 5.43. The molecule has 0 saturated heterocycles. The zero-order valence-electron chi connectivity index (χ0n) is 16.7. The summed E-state index contributed by atoms with van der Waals surface area (Å²) in [7, 11) is 1.73. The van der Waals surface area contributed by atoms with Crippen molar-refractivity contribution in [1.29, 1.82) is 0 Å². The van der Waals surface area contributed by atoms with Crippen LogP contribution in [0, 0.1) is 5.92 Å². The molecule has 0 atom stereocenters. The summed E-state index contributed by atoms with van der Waals surface area (Å²) in [6.07, 6.45) is 6.55. The van der Waals surface area contributed by atoms with Gasteiger partial charge in [0.25, 0.3) is 0 Å². The lowest BCUT2D eigenvalue weighted by Gasteiger charge is -2.21. The van der Waals surface area contributed by atoms with Crippen molar-refractivity contribution in [3.05, 3.63) is 29.8 Å². The maximum atomic E-state index is 5.43. The molecule has 6 heteroatoms. The number of rotatable bonds is 11. The van der Waals surface area contributed by atoms with E-state index in [0.29, 0.717) is 0 Å². The van der Waals surface area contributed by atoms with Crippen molar-refractivity contribution >= 4 is 29.9 Å². The first-order valence-electron chi connectivity index (χ1n) is 10.2. The maximum absolute atomic E-state index is 5.43. The van der Waals surface area contributed by atoms with E-state index in [4.69, 9.17) is 9.73 Å². The van der Waals surface area contributed by atoms with Crippen molar-refractivity contribution in [2.75, 3.05) is 39.8 Å². The largest absolute Gasteiger partial charge is 0.496 e. The second kappa shape index (κ2) is 11.7. The van der Waals surface area contributed by atoms with Gasteiger partial charge in [-0.05, 0) is 56.6 Å². The number of para-hydroxylation sites is 1. The van der Waals surface area contributed by atoms with Crippen LogP contribution in [-0.2, 0) is 6.42 Å². The van der Waals surface area contributed by atoms with Crippen LogP contribution in [0.3, 0.4) is 0 Å². The summed E-state index contributed by atoms with van der Waals surface area (Å²) in [4.78, 5) is 7.45. The fourth-order valence-corrected chi connectivity index (χ4v) is 3.35. The van der Waals surface area contributed by atoms with Crippen molar-refractivity contribution in [3.63, 3.8) is 0 Å². The first-order chi connectivity index (χ1) is 12.8. The van der Waals surface area contributed by atoms with Crippen molar-refractivity contribution in [2.24, 2.45) is 10.9 Å². The summed E-state index contributed by atoms with van der Waals surface area (Å²) >= 11 is 0. The molecule has 2 aliphatic rings. The van der Waals surface area contributed by atoms with Gasteiger partial charge in [-0.3, -0.25) is 9.89 Å². The average molecular weight is 486 g/mol. The number of benzene rings is 1. The number of halogens is 1. The number of methoxy groups -OCH3 is 1. The van der Waals surface area contributed by atoms with Crippen molar-refractivity contribution < 1.29 is 4.74 Å². The minimum absolute atomic E-state index is 0. The minimum Gasteiger partial charge on any atom is -0.496 e. The number of ether oxygens (including phenoxy) is 1. The number of hydrogen-bond acceptors (Lipinski definition) is 3. The van der Waals surface area contributed by atoms with Gasteiger partial charge in [0.2, 0.25) is 0 Å². The predicted octanol–water partition coefficient (Wildman–Crippen LogP) is 3.29. The van der Waals surface area contributed by atoms with Gasteiger partial charge in [0, 0.05) is 32.2 Å². The summed E-state index contributed by atoms with van der Waals surface area (Å²) in [5.74, 6) is 2.84. The lowest BCUT2D eigenvalue weighted by Crippen LogP contribution is -2.39. The van der Waals surface area contributed by atoms with Crippen molar-refractivity contribution in [3.8, 4) is 5.75 Å². The molecule has 152 valence electrons. The number of aliphatic imine (C=N–C) groups is 1. The molecule has 0 bridgehead atoms. The highest BCUT2D eigenvalue weighted by Gasteiger charge is 2.33. The first-order valence-corrected chi connectivity index (χ1v) is 10.2. The Morgan fingerprint density at radius 3 is 2.63 bits per heavy atom. The Morgan fingerprint density at radius 1 is 1.19 bits per heavy atom. The molecule has 2 fully saturated rings. The van der Waals surface area contributed by atoms with E-state index in [2.05, 4.69) is 34.6 Å². The van der Waals surface area contributed by atoms with E-state index in [1.807, 2.05) is 12.1 Å². The van der Waals surface area contributed by atoms with Crippen LogP contribution in [0.4, 0.5) is 0 Å².